The van der Waals surface area contributed by atoms with Gasteiger partial charge in [-0.2, -0.15) is 0 Å². The average Bonchev–Trinajstić information content (AvgIpc) is 2.08. The molecule has 0 fully saturated rings. The first-order valence-corrected chi connectivity index (χ1v) is 4.08. The lowest BCUT2D eigenvalue weighted by Crippen LogP contribution is -2.23. The molecule has 9 heavy (non-hydrogen) atoms. The SMILES string of the molecule is NS(=O)(=O)C1C=CC=C1. The molecule has 0 saturated heterocycles. The third kappa shape index (κ3) is 1.40. The molecule has 0 saturated carbocycles. The third-order valence-electron chi connectivity index (χ3n) is 1.09. The highest BCUT2D eigenvalue weighted by Gasteiger charge is 2.15. The first-order chi connectivity index (χ1) is 4.11. The van der Waals surface area contributed by atoms with Gasteiger partial charge < -0.3 is 0 Å². The molecular weight excluding hydrogens is 138 g/mol. The molecule has 2 N–H and O–H groups in total. The fraction of sp³-hybridized carbons (Fsp3) is 0.200. The Morgan fingerprint density at radius 2 is 1.67 bits per heavy atom. The second-order valence-corrected chi connectivity index (χ2v) is 3.55. The van der Waals surface area contributed by atoms with E-state index in [1.807, 2.05) is 0 Å². The summed E-state index contributed by atoms with van der Waals surface area (Å²) in [4.78, 5) is 0. The molecule has 0 radical (unpaired) electrons. The van der Waals surface area contributed by atoms with E-state index in [4.69, 9.17) is 5.14 Å². The van der Waals surface area contributed by atoms with Crippen LogP contribution < -0.4 is 5.14 Å². The van der Waals surface area contributed by atoms with Crippen LogP contribution in [0.1, 0.15) is 0 Å². The summed E-state index contributed by atoms with van der Waals surface area (Å²) >= 11 is 0. The lowest BCUT2D eigenvalue weighted by atomic mass is 10.5. The van der Waals surface area contributed by atoms with Crippen LogP contribution in [0.2, 0.25) is 0 Å². The van der Waals surface area contributed by atoms with Gasteiger partial charge in [-0.3, -0.25) is 0 Å². The van der Waals surface area contributed by atoms with E-state index < -0.39 is 15.3 Å². The molecule has 1 rings (SSSR count). The van der Waals surface area contributed by atoms with Crippen molar-refractivity contribution < 1.29 is 8.42 Å². The van der Waals surface area contributed by atoms with Crippen LogP contribution in [-0.4, -0.2) is 13.7 Å². The van der Waals surface area contributed by atoms with Crippen LogP contribution in [0.4, 0.5) is 0 Å². The Hall–Kier alpha value is -0.610. The van der Waals surface area contributed by atoms with Crippen molar-refractivity contribution in [3.63, 3.8) is 0 Å². The van der Waals surface area contributed by atoms with Gasteiger partial charge >= 0.3 is 0 Å². The highest BCUT2D eigenvalue weighted by molar-refractivity contribution is 7.90. The van der Waals surface area contributed by atoms with E-state index in [0.717, 1.165) is 0 Å². The van der Waals surface area contributed by atoms with E-state index in [-0.39, 0.29) is 0 Å². The molecule has 0 aromatic heterocycles. The van der Waals surface area contributed by atoms with Gasteiger partial charge in [0.1, 0.15) is 5.25 Å². The minimum absolute atomic E-state index is 0.600. The molecule has 0 atom stereocenters. The largest absolute Gasteiger partial charge is 0.228 e. The number of hydrogen-bond donors (Lipinski definition) is 1. The molecule has 0 aliphatic heterocycles. The third-order valence-corrected chi connectivity index (χ3v) is 2.17. The quantitative estimate of drug-likeness (QED) is 0.554. The number of primary sulfonamides is 1. The molecule has 50 valence electrons. The van der Waals surface area contributed by atoms with Crippen LogP contribution >= 0.6 is 0 Å². The molecule has 1 aliphatic rings. The van der Waals surface area contributed by atoms with Gasteiger partial charge in [-0.05, 0) is 0 Å². The van der Waals surface area contributed by atoms with Crippen LogP contribution in [-0.2, 0) is 10.0 Å². The molecule has 0 aromatic carbocycles. The Balaban J connectivity index is 2.90. The summed E-state index contributed by atoms with van der Waals surface area (Å²) in [5.41, 5.74) is 0. The maximum Gasteiger partial charge on any atom is 0.219 e. The fourth-order valence-corrected chi connectivity index (χ4v) is 1.25. The summed E-state index contributed by atoms with van der Waals surface area (Å²) in [5.74, 6) is 0. The molecule has 0 amide bonds. The highest BCUT2D eigenvalue weighted by Crippen LogP contribution is 2.06. The monoisotopic (exact) mass is 145 g/mol. The van der Waals surface area contributed by atoms with Crippen molar-refractivity contribution in [2.24, 2.45) is 5.14 Å². The van der Waals surface area contributed by atoms with Crippen molar-refractivity contribution in [3.05, 3.63) is 24.3 Å². The fourth-order valence-electron chi connectivity index (χ4n) is 0.630. The van der Waals surface area contributed by atoms with Gasteiger partial charge in [-0.15, -0.1) is 0 Å². The Morgan fingerprint density at radius 3 is 1.89 bits per heavy atom. The van der Waals surface area contributed by atoms with Crippen molar-refractivity contribution in [1.29, 1.82) is 0 Å². The zero-order valence-electron chi connectivity index (χ0n) is 4.69. The van der Waals surface area contributed by atoms with Crippen LogP contribution in [0.15, 0.2) is 24.3 Å². The summed E-state index contributed by atoms with van der Waals surface area (Å²) in [5, 5.41) is 4.21. The van der Waals surface area contributed by atoms with E-state index >= 15 is 0 Å². The average molecular weight is 145 g/mol. The zero-order valence-corrected chi connectivity index (χ0v) is 5.51. The Labute approximate surface area is 53.9 Å². The van der Waals surface area contributed by atoms with Crippen LogP contribution in [0.5, 0.6) is 0 Å². The van der Waals surface area contributed by atoms with Gasteiger partial charge in [0.05, 0.1) is 0 Å². The normalized spacial score (nSPS) is 19.2. The molecule has 0 unspecified atom stereocenters. The Kier molecular flexibility index (Phi) is 1.42. The summed E-state index contributed by atoms with van der Waals surface area (Å²) < 4.78 is 21.0. The first kappa shape index (κ1) is 6.51. The minimum Gasteiger partial charge on any atom is -0.228 e. The van der Waals surface area contributed by atoms with Crippen LogP contribution in [0, 0.1) is 0 Å². The predicted molar refractivity (Wildman–Crippen MR) is 35.2 cm³/mol. The number of nitrogens with two attached hydrogens (primary N) is 1. The van der Waals surface area contributed by atoms with Crippen molar-refractivity contribution in [3.8, 4) is 0 Å². The smallest absolute Gasteiger partial charge is 0.219 e. The van der Waals surface area contributed by atoms with E-state index in [1.165, 1.54) is 12.2 Å². The first-order valence-electron chi connectivity index (χ1n) is 2.47. The van der Waals surface area contributed by atoms with Gasteiger partial charge in [0.15, 0.2) is 0 Å². The predicted octanol–water partition coefficient (Wildman–Crippen LogP) is -0.230. The van der Waals surface area contributed by atoms with Gasteiger partial charge in [0.25, 0.3) is 0 Å². The molecule has 0 bridgehead atoms. The van der Waals surface area contributed by atoms with Crippen molar-refractivity contribution in [2.75, 3.05) is 0 Å². The minimum atomic E-state index is -3.38. The summed E-state index contributed by atoms with van der Waals surface area (Å²) in [6.07, 6.45) is 6.40. The zero-order chi connectivity index (χ0) is 6.91. The Bertz CT molecular complexity index is 238. The maximum absolute atomic E-state index is 10.5. The van der Waals surface area contributed by atoms with Crippen molar-refractivity contribution in [1.82, 2.24) is 0 Å². The number of hydrogen-bond acceptors (Lipinski definition) is 2. The standard InChI is InChI=1S/C5H7NO2S/c6-9(7,8)5-3-1-2-4-5/h1-5H,(H2,6,7,8). The van der Waals surface area contributed by atoms with E-state index in [0.29, 0.717) is 0 Å². The lowest BCUT2D eigenvalue weighted by molar-refractivity contribution is 0.596. The molecular formula is C5H7NO2S. The molecule has 4 heteroatoms. The van der Waals surface area contributed by atoms with Gasteiger partial charge in [-0.1, -0.05) is 24.3 Å². The van der Waals surface area contributed by atoms with Gasteiger partial charge in [0, 0.05) is 0 Å². The Morgan fingerprint density at radius 1 is 1.22 bits per heavy atom. The van der Waals surface area contributed by atoms with E-state index in [2.05, 4.69) is 0 Å². The summed E-state index contributed by atoms with van der Waals surface area (Å²) in [6, 6.07) is 0. The molecule has 1 aliphatic carbocycles. The molecule has 0 spiro atoms. The number of sulfonamides is 1. The summed E-state index contributed by atoms with van der Waals surface area (Å²) in [7, 11) is -3.38. The second-order valence-electron chi connectivity index (χ2n) is 1.82. The topological polar surface area (TPSA) is 60.2 Å². The van der Waals surface area contributed by atoms with E-state index in [9.17, 15) is 8.42 Å². The molecule has 0 aromatic rings. The summed E-state index contributed by atoms with van der Waals surface area (Å²) in [6.45, 7) is 0. The molecule has 3 nitrogen and oxygen atoms in total. The number of allylic oxidation sites excluding steroid dienone is 2. The van der Waals surface area contributed by atoms with Crippen LogP contribution in [0.3, 0.4) is 0 Å². The van der Waals surface area contributed by atoms with Crippen molar-refractivity contribution >= 4 is 10.0 Å². The van der Waals surface area contributed by atoms with Gasteiger partial charge in [-0.25, -0.2) is 13.6 Å². The van der Waals surface area contributed by atoms with E-state index in [1.54, 1.807) is 12.2 Å². The number of rotatable bonds is 1. The van der Waals surface area contributed by atoms with Crippen molar-refractivity contribution in [2.45, 2.75) is 5.25 Å². The van der Waals surface area contributed by atoms with Gasteiger partial charge in [0.2, 0.25) is 10.0 Å². The second kappa shape index (κ2) is 1.97. The highest BCUT2D eigenvalue weighted by atomic mass is 32.2. The lowest BCUT2D eigenvalue weighted by Gasteiger charge is -1.98. The van der Waals surface area contributed by atoms with Crippen LogP contribution in [0.25, 0.3) is 0 Å². The maximum atomic E-state index is 10.5. The molecule has 0 heterocycles.